The van der Waals surface area contributed by atoms with E-state index in [-0.39, 0.29) is 54.2 Å². The van der Waals surface area contributed by atoms with Gasteiger partial charge in [-0.15, -0.1) is 0 Å². The zero-order valence-electron chi connectivity index (χ0n) is 21.3. The topological polar surface area (TPSA) is 104 Å². The molecule has 2 aliphatic rings. The molecule has 1 atom stereocenters. The molecule has 9 heteroatoms. The van der Waals surface area contributed by atoms with Crippen LogP contribution in [-0.2, 0) is 26.2 Å². The van der Waals surface area contributed by atoms with Gasteiger partial charge in [-0.3, -0.25) is 14.4 Å². The van der Waals surface area contributed by atoms with Crippen LogP contribution in [0.2, 0.25) is 0 Å². The van der Waals surface area contributed by atoms with Gasteiger partial charge in [-0.2, -0.15) is 0 Å². The van der Waals surface area contributed by atoms with Crippen molar-refractivity contribution in [2.24, 2.45) is 0 Å². The first kappa shape index (κ1) is 26.9. The minimum Gasteiger partial charge on any atom is -0.352 e. The van der Waals surface area contributed by atoms with Gasteiger partial charge >= 0.3 is 0 Å². The highest BCUT2D eigenvalue weighted by atomic mass is 32.2. The van der Waals surface area contributed by atoms with Gasteiger partial charge < -0.3 is 10.2 Å². The minimum atomic E-state index is -3.92. The van der Waals surface area contributed by atoms with Gasteiger partial charge in [0.15, 0.2) is 0 Å². The van der Waals surface area contributed by atoms with Crippen LogP contribution in [0.5, 0.6) is 0 Å². The van der Waals surface area contributed by atoms with Gasteiger partial charge in [-0.25, -0.2) is 12.7 Å². The smallest absolute Gasteiger partial charge is 0.269 e. The maximum Gasteiger partial charge on any atom is 0.269 e. The Morgan fingerprint density at radius 2 is 1.70 bits per heavy atom. The molecule has 4 rings (SSSR count). The largest absolute Gasteiger partial charge is 0.352 e. The van der Waals surface area contributed by atoms with Crippen molar-refractivity contribution in [1.82, 2.24) is 14.5 Å². The maximum absolute atomic E-state index is 13.5. The van der Waals surface area contributed by atoms with E-state index in [2.05, 4.69) is 5.32 Å². The molecule has 0 bridgehead atoms. The summed E-state index contributed by atoms with van der Waals surface area (Å²) in [6.45, 7) is 2.08. The first-order chi connectivity index (χ1) is 17.8. The molecule has 1 aliphatic carbocycles. The number of hydrogen-bond acceptors (Lipinski definition) is 5. The molecule has 1 saturated carbocycles. The molecule has 2 aromatic carbocycles. The molecular formula is C28H35N3O5S. The van der Waals surface area contributed by atoms with Crippen LogP contribution in [0.15, 0.2) is 59.5 Å². The fourth-order valence-electron chi connectivity index (χ4n) is 5.21. The molecule has 8 nitrogen and oxygen atoms in total. The van der Waals surface area contributed by atoms with E-state index < -0.39 is 22.0 Å². The molecule has 3 amide bonds. The summed E-state index contributed by atoms with van der Waals surface area (Å²) in [5.41, 5.74) is 1.07. The summed E-state index contributed by atoms with van der Waals surface area (Å²) in [5.74, 6) is -0.954. The molecule has 198 valence electrons. The van der Waals surface area contributed by atoms with Gasteiger partial charge in [0.2, 0.25) is 11.8 Å². The summed E-state index contributed by atoms with van der Waals surface area (Å²) in [4.78, 5) is 41.0. The molecule has 37 heavy (non-hydrogen) atoms. The van der Waals surface area contributed by atoms with Crippen molar-refractivity contribution in [2.45, 2.75) is 81.8 Å². The van der Waals surface area contributed by atoms with Crippen molar-refractivity contribution < 1.29 is 22.8 Å². The summed E-state index contributed by atoms with van der Waals surface area (Å²) in [7, 11) is -3.92. The SMILES string of the molecule is CC[C@@H](C(=O)NC1CCCCC1)N(Cc1ccccc1)C(=O)CCCN1C(=O)c2ccccc2S1(=O)=O. The normalized spacial score (nSPS) is 17.8. The van der Waals surface area contributed by atoms with Crippen LogP contribution in [0.4, 0.5) is 0 Å². The summed E-state index contributed by atoms with van der Waals surface area (Å²) in [5, 5.41) is 3.15. The fourth-order valence-corrected chi connectivity index (χ4v) is 6.82. The fraction of sp³-hybridized carbons (Fsp3) is 0.464. The van der Waals surface area contributed by atoms with Crippen LogP contribution in [0.1, 0.15) is 74.2 Å². The highest BCUT2D eigenvalue weighted by molar-refractivity contribution is 7.90. The standard InChI is InChI=1S/C28H35N3O5S/c1-2-24(27(33)29-22-14-7-4-8-15-22)30(20-21-12-5-3-6-13-21)26(32)18-11-19-31-28(34)23-16-9-10-17-25(23)37(31,35)36/h3,5-6,9-10,12-13,16-17,22,24H,2,4,7-8,11,14-15,18-20H2,1H3,(H,29,33)/t24-/m0/s1. The highest BCUT2D eigenvalue weighted by Crippen LogP contribution is 2.30. The van der Waals surface area contributed by atoms with E-state index in [4.69, 9.17) is 0 Å². The van der Waals surface area contributed by atoms with Crippen molar-refractivity contribution in [1.29, 1.82) is 0 Å². The van der Waals surface area contributed by atoms with Gasteiger partial charge in [0, 0.05) is 25.6 Å². The average Bonchev–Trinajstić information content (AvgIpc) is 3.10. The predicted octanol–water partition coefficient (Wildman–Crippen LogP) is 3.87. The number of carbonyl (C=O) groups excluding carboxylic acids is 3. The van der Waals surface area contributed by atoms with E-state index in [1.807, 2.05) is 37.3 Å². The van der Waals surface area contributed by atoms with Crippen LogP contribution in [-0.4, -0.2) is 54.0 Å². The Bertz CT molecular complexity index is 1230. The molecule has 1 heterocycles. The van der Waals surface area contributed by atoms with Gasteiger partial charge in [-0.05, 0) is 43.4 Å². The first-order valence-electron chi connectivity index (χ1n) is 13.1. The summed E-state index contributed by atoms with van der Waals surface area (Å²) in [6, 6.07) is 15.2. The Morgan fingerprint density at radius 3 is 2.38 bits per heavy atom. The Kier molecular flexibility index (Phi) is 8.63. The molecule has 0 spiro atoms. The molecule has 1 fully saturated rings. The highest BCUT2D eigenvalue weighted by Gasteiger charge is 2.40. The lowest BCUT2D eigenvalue weighted by molar-refractivity contribution is -0.141. The third-order valence-electron chi connectivity index (χ3n) is 7.20. The van der Waals surface area contributed by atoms with E-state index in [1.165, 1.54) is 18.6 Å². The number of carbonyl (C=O) groups is 3. The van der Waals surface area contributed by atoms with Crippen LogP contribution in [0, 0.1) is 0 Å². The van der Waals surface area contributed by atoms with E-state index >= 15 is 0 Å². The molecule has 1 N–H and O–H groups in total. The Morgan fingerprint density at radius 1 is 1.03 bits per heavy atom. The van der Waals surface area contributed by atoms with Crippen molar-refractivity contribution in [3.63, 3.8) is 0 Å². The molecule has 0 radical (unpaired) electrons. The van der Waals surface area contributed by atoms with E-state index in [9.17, 15) is 22.8 Å². The molecule has 0 aromatic heterocycles. The Labute approximate surface area is 219 Å². The van der Waals surface area contributed by atoms with E-state index in [0.717, 1.165) is 35.6 Å². The zero-order chi connectivity index (χ0) is 26.4. The third kappa shape index (κ3) is 6.04. The third-order valence-corrected chi connectivity index (χ3v) is 9.04. The number of nitrogens with one attached hydrogen (secondary N) is 1. The molecule has 2 aromatic rings. The summed E-state index contributed by atoms with van der Waals surface area (Å²) >= 11 is 0. The Balaban J connectivity index is 1.45. The van der Waals surface area contributed by atoms with Gasteiger partial charge in [-0.1, -0.05) is 68.7 Å². The van der Waals surface area contributed by atoms with Crippen molar-refractivity contribution in [2.75, 3.05) is 6.54 Å². The van der Waals surface area contributed by atoms with Crippen molar-refractivity contribution in [3.8, 4) is 0 Å². The van der Waals surface area contributed by atoms with Gasteiger partial charge in [0.05, 0.1) is 5.56 Å². The second-order valence-corrected chi connectivity index (χ2v) is 11.6. The van der Waals surface area contributed by atoms with E-state index in [1.54, 1.807) is 17.0 Å². The van der Waals surface area contributed by atoms with Gasteiger partial charge in [0.25, 0.3) is 15.9 Å². The molecule has 1 aliphatic heterocycles. The number of sulfonamides is 1. The Hall–Kier alpha value is -3.20. The molecular weight excluding hydrogens is 490 g/mol. The minimum absolute atomic E-state index is 0.00228. The quantitative estimate of drug-likeness (QED) is 0.507. The lowest BCUT2D eigenvalue weighted by Gasteiger charge is -2.33. The molecule has 0 unspecified atom stereocenters. The van der Waals surface area contributed by atoms with Crippen molar-refractivity contribution >= 4 is 27.7 Å². The summed E-state index contributed by atoms with van der Waals surface area (Å²) in [6.07, 6.45) is 5.94. The van der Waals surface area contributed by atoms with Crippen LogP contribution in [0.25, 0.3) is 0 Å². The average molecular weight is 526 g/mol. The van der Waals surface area contributed by atoms with Crippen LogP contribution >= 0.6 is 0 Å². The van der Waals surface area contributed by atoms with E-state index in [0.29, 0.717) is 6.42 Å². The number of amides is 3. The second-order valence-electron chi connectivity index (χ2n) is 9.76. The number of benzene rings is 2. The van der Waals surface area contributed by atoms with Gasteiger partial charge in [0.1, 0.15) is 10.9 Å². The second kappa shape index (κ2) is 11.9. The first-order valence-corrected chi connectivity index (χ1v) is 14.6. The van der Waals surface area contributed by atoms with Crippen LogP contribution in [0.3, 0.4) is 0 Å². The lowest BCUT2D eigenvalue weighted by Crippen LogP contribution is -2.51. The number of rotatable bonds is 10. The predicted molar refractivity (Wildman–Crippen MR) is 140 cm³/mol. The van der Waals surface area contributed by atoms with Crippen LogP contribution < -0.4 is 5.32 Å². The number of hydrogen-bond donors (Lipinski definition) is 1. The monoisotopic (exact) mass is 525 g/mol. The lowest BCUT2D eigenvalue weighted by atomic mass is 9.95. The summed E-state index contributed by atoms with van der Waals surface area (Å²) < 4.78 is 26.5. The number of nitrogens with zero attached hydrogens (tertiary/aromatic N) is 2. The maximum atomic E-state index is 13.5. The molecule has 0 saturated heterocycles. The number of fused-ring (bicyclic) bond motifs is 1. The zero-order valence-corrected chi connectivity index (χ0v) is 22.1. The van der Waals surface area contributed by atoms with Crippen molar-refractivity contribution in [3.05, 3.63) is 65.7 Å².